The number of allylic oxidation sites excluding steroid dienone is 2. The Morgan fingerprint density at radius 2 is 2.38 bits per heavy atom. The average Bonchev–Trinajstić information content (AvgIpc) is 1.83. The first-order chi connectivity index (χ1) is 3.85. The highest BCUT2D eigenvalue weighted by atomic mass is 16.5. The molecule has 0 atom stereocenters. The van der Waals surface area contributed by atoms with Gasteiger partial charge in [-0.3, -0.25) is 0 Å². The van der Waals surface area contributed by atoms with Gasteiger partial charge in [0.15, 0.2) is 0 Å². The zero-order valence-corrected chi connectivity index (χ0v) is 5.61. The Bertz CT molecular complexity index is 74.5. The smallest absolute Gasteiger partial charge is 0.0915 e. The molecule has 1 radical (unpaired) electrons. The molecule has 0 aromatic heterocycles. The minimum absolute atomic E-state index is 0.979. The molecule has 0 aromatic carbocycles. The number of methoxy groups -OCH3 is 1. The predicted molar refractivity (Wildman–Crippen MR) is 35.4 cm³/mol. The van der Waals surface area contributed by atoms with E-state index in [9.17, 15) is 0 Å². The average molecular weight is 113 g/mol. The van der Waals surface area contributed by atoms with Crippen LogP contribution in [0.1, 0.15) is 19.8 Å². The van der Waals surface area contributed by atoms with Gasteiger partial charge < -0.3 is 4.74 Å². The second-order valence-electron chi connectivity index (χ2n) is 1.62. The summed E-state index contributed by atoms with van der Waals surface area (Å²) < 4.78 is 4.94. The van der Waals surface area contributed by atoms with Gasteiger partial charge >= 0.3 is 0 Å². The molecule has 0 saturated heterocycles. The van der Waals surface area contributed by atoms with Crippen LogP contribution in [0.2, 0.25) is 0 Å². The Morgan fingerprint density at radius 1 is 1.75 bits per heavy atom. The van der Waals surface area contributed by atoms with Gasteiger partial charge in [-0.15, -0.1) is 0 Å². The Hall–Kier alpha value is -0.460. The minimum atomic E-state index is 0.979. The molecule has 0 fully saturated rings. The summed E-state index contributed by atoms with van der Waals surface area (Å²) in [5.74, 6) is 0.979. The van der Waals surface area contributed by atoms with E-state index in [0.29, 0.717) is 0 Å². The first-order valence-electron chi connectivity index (χ1n) is 2.87. The summed E-state index contributed by atoms with van der Waals surface area (Å²) in [6, 6.07) is 0. The molecule has 0 aromatic rings. The van der Waals surface area contributed by atoms with E-state index in [4.69, 9.17) is 4.74 Å². The van der Waals surface area contributed by atoms with Gasteiger partial charge in [-0.2, -0.15) is 0 Å². The van der Waals surface area contributed by atoms with Crippen molar-refractivity contribution in [1.29, 1.82) is 0 Å². The molecule has 0 heterocycles. The third kappa shape index (κ3) is 2.67. The quantitative estimate of drug-likeness (QED) is 0.509. The van der Waals surface area contributed by atoms with Gasteiger partial charge in [0, 0.05) is 6.42 Å². The maximum atomic E-state index is 4.94. The molecule has 0 unspecified atom stereocenters. The van der Waals surface area contributed by atoms with E-state index in [0.717, 1.165) is 18.6 Å². The number of rotatable bonds is 3. The standard InChI is InChI=1S/C7H13O/c1-4-6-7(5-2)8-3/h5H,2,4,6H2,1,3H3/b7-5-. The summed E-state index contributed by atoms with van der Waals surface area (Å²) in [5.41, 5.74) is 0. The van der Waals surface area contributed by atoms with Crippen molar-refractivity contribution in [2.24, 2.45) is 0 Å². The number of hydrogen-bond donors (Lipinski definition) is 0. The summed E-state index contributed by atoms with van der Waals surface area (Å²) in [4.78, 5) is 0. The van der Waals surface area contributed by atoms with Gasteiger partial charge in [0.1, 0.15) is 0 Å². The fraction of sp³-hybridized carbons (Fsp3) is 0.571. The van der Waals surface area contributed by atoms with Crippen molar-refractivity contribution in [3.8, 4) is 0 Å². The Labute approximate surface area is 51.4 Å². The number of ether oxygens (including phenoxy) is 1. The molecule has 0 aliphatic rings. The summed E-state index contributed by atoms with van der Waals surface area (Å²) in [5, 5.41) is 0. The molecular weight excluding hydrogens is 100 g/mol. The van der Waals surface area contributed by atoms with Crippen LogP contribution in [0.25, 0.3) is 0 Å². The van der Waals surface area contributed by atoms with E-state index < -0.39 is 0 Å². The molecule has 0 aliphatic carbocycles. The summed E-state index contributed by atoms with van der Waals surface area (Å²) in [6.45, 7) is 5.70. The normalized spacial score (nSPS) is 11.6. The van der Waals surface area contributed by atoms with Gasteiger partial charge in [0.2, 0.25) is 0 Å². The zero-order valence-electron chi connectivity index (χ0n) is 5.61. The van der Waals surface area contributed by atoms with E-state index in [1.807, 2.05) is 0 Å². The molecule has 1 nitrogen and oxygen atoms in total. The molecule has 0 aliphatic heterocycles. The molecule has 8 heavy (non-hydrogen) atoms. The zero-order chi connectivity index (χ0) is 6.41. The molecule has 0 N–H and O–H groups in total. The number of hydrogen-bond acceptors (Lipinski definition) is 1. The molecule has 0 saturated carbocycles. The second kappa shape index (κ2) is 4.69. The van der Waals surface area contributed by atoms with Gasteiger partial charge in [0.05, 0.1) is 12.9 Å². The van der Waals surface area contributed by atoms with Crippen molar-refractivity contribution in [1.82, 2.24) is 0 Å². The summed E-state index contributed by atoms with van der Waals surface area (Å²) >= 11 is 0. The fourth-order valence-corrected chi connectivity index (χ4v) is 0.534. The Morgan fingerprint density at radius 3 is 2.50 bits per heavy atom. The fourth-order valence-electron chi connectivity index (χ4n) is 0.534. The van der Waals surface area contributed by atoms with Crippen molar-refractivity contribution < 1.29 is 4.74 Å². The van der Waals surface area contributed by atoms with Crippen LogP contribution in [0.5, 0.6) is 0 Å². The van der Waals surface area contributed by atoms with Crippen LogP contribution in [0.3, 0.4) is 0 Å². The third-order valence-corrected chi connectivity index (χ3v) is 0.986. The Kier molecular flexibility index (Phi) is 4.42. The maximum Gasteiger partial charge on any atom is 0.0915 e. The highest BCUT2D eigenvalue weighted by molar-refractivity contribution is 4.93. The van der Waals surface area contributed by atoms with E-state index in [1.165, 1.54) is 0 Å². The van der Waals surface area contributed by atoms with Crippen LogP contribution >= 0.6 is 0 Å². The van der Waals surface area contributed by atoms with Crippen molar-refractivity contribution >= 4 is 0 Å². The first kappa shape index (κ1) is 7.54. The van der Waals surface area contributed by atoms with Crippen LogP contribution in [-0.4, -0.2) is 7.11 Å². The maximum absolute atomic E-state index is 4.94. The SMILES string of the molecule is [CH2]/C=C(/CCC)OC. The van der Waals surface area contributed by atoms with Gasteiger partial charge in [-0.05, 0) is 19.4 Å². The van der Waals surface area contributed by atoms with Crippen molar-refractivity contribution in [2.45, 2.75) is 19.8 Å². The molecule has 1 heteroatoms. The van der Waals surface area contributed by atoms with Crippen molar-refractivity contribution in [3.05, 3.63) is 18.8 Å². The predicted octanol–water partition coefficient (Wildman–Crippen LogP) is 2.15. The third-order valence-electron chi connectivity index (χ3n) is 0.986. The lowest BCUT2D eigenvalue weighted by Crippen LogP contribution is -1.83. The van der Waals surface area contributed by atoms with Gasteiger partial charge in [-0.1, -0.05) is 6.92 Å². The highest BCUT2D eigenvalue weighted by Crippen LogP contribution is 2.02. The molecule has 0 rings (SSSR count). The van der Waals surface area contributed by atoms with E-state index in [2.05, 4.69) is 13.8 Å². The van der Waals surface area contributed by atoms with Crippen molar-refractivity contribution in [2.75, 3.05) is 7.11 Å². The summed E-state index contributed by atoms with van der Waals surface area (Å²) in [6.07, 6.45) is 3.87. The van der Waals surface area contributed by atoms with Crippen LogP contribution < -0.4 is 0 Å². The topological polar surface area (TPSA) is 9.23 Å². The van der Waals surface area contributed by atoms with E-state index >= 15 is 0 Å². The minimum Gasteiger partial charge on any atom is -0.501 e. The summed E-state index contributed by atoms with van der Waals surface area (Å²) in [7, 11) is 1.67. The molecule has 0 spiro atoms. The molecule has 0 bridgehead atoms. The monoisotopic (exact) mass is 113 g/mol. The van der Waals surface area contributed by atoms with Crippen LogP contribution in [0.15, 0.2) is 11.8 Å². The lowest BCUT2D eigenvalue weighted by molar-refractivity contribution is 0.276. The largest absolute Gasteiger partial charge is 0.501 e. The highest BCUT2D eigenvalue weighted by Gasteiger charge is 1.87. The Balaban J connectivity index is 3.38. The lowest BCUT2D eigenvalue weighted by atomic mass is 10.3. The molecule has 0 amide bonds. The van der Waals surface area contributed by atoms with Crippen LogP contribution in [0, 0.1) is 6.92 Å². The van der Waals surface area contributed by atoms with Crippen molar-refractivity contribution in [3.63, 3.8) is 0 Å². The van der Waals surface area contributed by atoms with Crippen LogP contribution in [-0.2, 0) is 4.74 Å². The van der Waals surface area contributed by atoms with E-state index in [1.54, 1.807) is 13.2 Å². The van der Waals surface area contributed by atoms with E-state index in [-0.39, 0.29) is 0 Å². The lowest BCUT2D eigenvalue weighted by Gasteiger charge is -2.00. The van der Waals surface area contributed by atoms with Crippen LogP contribution in [0.4, 0.5) is 0 Å². The first-order valence-corrected chi connectivity index (χ1v) is 2.87. The second-order valence-corrected chi connectivity index (χ2v) is 1.62. The molecule has 47 valence electrons. The van der Waals surface area contributed by atoms with Gasteiger partial charge in [0.25, 0.3) is 0 Å². The molecular formula is C7H13O. The van der Waals surface area contributed by atoms with Gasteiger partial charge in [-0.25, -0.2) is 0 Å².